The number of aliphatic hydroxyl groups excluding tert-OH is 4. The number of benzene rings is 1. The van der Waals surface area contributed by atoms with Crippen LogP contribution in [0.3, 0.4) is 0 Å². The average molecular weight is 685 g/mol. The minimum absolute atomic E-state index is 0.00874. The van der Waals surface area contributed by atoms with Crippen LogP contribution in [0.4, 0.5) is 13.2 Å². The van der Waals surface area contributed by atoms with Gasteiger partial charge < -0.3 is 58.3 Å². The molecule has 0 aromatic heterocycles. The second kappa shape index (κ2) is 17.8. The van der Waals surface area contributed by atoms with Crippen LogP contribution in [0, 0.1) is 0 Å². The van der Waals surface area contributed by atoms with Crippen LogP contribution in [0.25, 0.3) is 0 Å². The molecule has 0 spiro atoms. The maximum Gasteiger partial charge on any atom is 0.422 e. The van der Waals surface area contributed by atoms with Crippen molar-refractivity contribution in [3.8, 4) is 0 Å². The molecular formula is C30H43F3O14. The molecule has 2 saturated heterocycles. The zero-order chi connectivity index (χ0) is 34.9. The lowest BCUT2D eigenvalue weighted by Gasteiger charge is -2.42. The van der Waals surface area contributed by atoms with Crippen molar-refractivity contribution in [2.45, 2.75) is 121 Å². The number of ether oxygens (including phenoxy) is 8. The molecule has 14 nitrogen and oxygen atoms in total. The Balaban J connectivity index is 1.60. The third kappa shape index (κ3) is 11.6. The number of esters is 2. The highest BCUT2D eigenvalue weighted by molar-refractivity contribution is 5.76. The van der Waals surface area contributed by atoms with Crippen LogP contribution < -0.4 is 0 Å². The number of hydrogen-bond acceptors (Lipinski definition) is 14. The minimum atomic E-state index is -4.82. The van der Waals surface area contributed by atoms with E-state index in [0.717, 1.165) is 0 Å². The van der Waals surface area contributed by atoms with E-state index < -0.39 is 98.3 Å². The normalized spacial score (nSPS) is 31.6. The highest BCUT2D eigenvalue weighted by atomic mass is 19.4. The molecule has 2 heterocycles. The number of carbonyl (C=O) groups excluding carboxylic acids is 2. The molecular weight excluding hydrogens is 641 g/mol. The Bertz CT molecular complexity index is 1110. The zero-order valence-electron chi connectivity index (χ0n) is 26.4. The van der Waals surface area contributed by atoms with Crippen molar-refractivity contribution in [1.29, 1.82) is 0 Å². The van der Waals surface area contributed by atoms with Gasteiger partial charge in [0.15, 0.2) is 31.4 Å². The van der Waals surface area contributed by atoms with Gasteiger partial charge in [0.25, 0.3) is 0 Å². The van der Waals surface area contributed by atoms with Gasteiger partial charge in [-0.1, -0.05) is 30.3 Å². The van der Waals surface area contributed by atoms with Gasteiger partial charge in [0, 0.05) is 6.61 Å². The Morgan fingerprint density at radius 1 is 0.745 bits per heavy atom. The molecule has 1 aromatic rings. The highest BCUT2D eigenvalue weighted by Gasteiger charge is 2.51. The van der Waals surface area contributed by atoms with E-state index in [2.05, 4.69) is 4.74 Å². The van der Waals surface area contributed by atoms with Crippen molar-refractivity contribution in [1.82, 2.24) is 0 Å². The summed E-state index contributed by atoms with van der Waals surface area (Å²) < 4.78 is 80.7. The number of rotatable bonds is 15. The highest BCUT2D eigenvalue weighted by Crippen LogP contribution is 2.29. The summed E-state index contributed by atoms with van der Waals surface area (Å²) in [7, 11) is 0. The number of aliphatic hydroxyl groups is 4. The van der Waals surface area contributed by atoms with Crippen LogP contribution in [0.5, 0.6) is 0 Å². The van der Waals surface area contributed by atoms with E-state index in [1.165, 1.54) is 13.8 Å². The van der Waals surface area contributed by atoms with Crippen LogP contribution in [-0.4, -0.2) is 132 Å². The van der Waals surface area contributed by atoms with Crippen molar-refractivity contribution in [2.24, 2.45) is 0 Å². The Morgan fingerprint density at radius 3 is 1.89 bits per heavy atom. The molecule has 2 aliphatic heterocycles. The lowest BCUT2D eigenvalue weighted by Crippen LogP contribution is -2.62. The molecule has 0 bridgehead atoms. The molecule has 2 fully saturated rings. The Hall–Kier alpha value is -2.45. The van der Waals surface area contributed by atoms with Crippen LogP contribution in [-0.2, 0) is 54.1 Å². The monoisotopic (exact) mass is 684 g/mol. The molecule has 2 aliphatic rings. The molecule has 17 heteroatoms. The first-order chi connectivity index (χ1) is 22.1. The molecule has 47 heavy (non-hydrogen) atoms. The minimum Gasteiger partial charge on any atom is -0.459 e. The summed E-state index contributed by atoms with van der Waals surface area (Å²) in [6.45, 7) is 3.95. The quantitative estimate of drug-likeness (QED) is 0.150. The first-order valence-electron chi connectivity index (χ1n) is 15.1. The fourth-order valence-corrected chi connectivity index (χ4v) is 4.75. The SMILES string of the molecule is CC(C)O[C@@H]1OC(C(=O)OCc2ccccc2)[C@@H](OCCCO[C@@H]2OC(C(=O)OCC(F)(F)F)[C@@H](OC(C)C)[C@H](O)[C@@H]2O)[C@H](O)[C@@H]1O. The van der Waals surface area contributed by atoms with Crippen LogP contribution in [0.2, 0.25) is 0 Å². The van der Waals surface area contributed by atoms with Gasteiger partial charge in [-0.05, 0) is 39.7 Å². The topological polar surface area (TPSA) is 189 Å². The van der Waals surface area contributed by atoms with E-state index in [9.17, 15) is 43.2 Å². The third-order valence-corrected chi connectivity index (χ3v) is 6.87. The smallest absolute Gasteiger partial charge is 0.422 e. The van der Waals surface area contributed by atoms with Crippen molar-refractivity contribution in [3.05, 3.63) is 35.9 Å². The molecule has 3 rings (SSSR count). The van der Waals surface area contributed by atoms with Gasteiger partial charge in [-0.3, -0.25) is 0 Å². The molecule has 10 atom stereocenters. The zero-order valence-corrected chi connectivity index (χ0v) is 26.4. The summed E-state index contributed by atoms with van der Waals surface area (Å²) in [6.07, 6.45) is -22.0. The number of halogens is 3. The second-order valence-corrected chi connectivity index (χ2v) is 11.5. The number of alkyl halides is 3. The van der Waals surface area contributed by atoms with E-state index in [-0.39, 0.29) is 26.2 Å². The second-order valence-electron chi connectivity index (χ2n) is 11.5. The largest absolute Gasteiger partial charge is 0.459 e. The molecule has 1 aromatic carbocycles. The van der Waals surface area contributed by atoms with Crippen LogP contribution in [0.1, 0.15) is 39.7 Å². The van der Waals surface area contributed by atoms with Gasteiger partial charge in [-0.15, -0.1) is 0 Å². The molecule has 0 saturated carbocycles. The van der Waals surface area contributed by atoms with Gasteiger partial charge in [-0.25, -0.2) is 9.59 Å². The van der Waals surface area contributed by atoms with Crippen molar-refractivity contribution in [2.75, 3.05) is 19.8 Å². The summed E-state index contributed by atoms with van der Waals surface area (Å²) in [6, 6.07) is 8.79. The maximum absolute atomic E-state index is 13.0. The molecule has 4 N–H and O–H groups in total. The third-order valence-electron chi connectivity index (χ3n) is 6.87. The van der Waals surface area contributed by atoms with E-state index >= 15 is 0 Å². The summed E-state index contributed by atoms with van der Waals surface area (Å²) >= 11 is 0. The summed E-state index contributed by atoms with van der Waals surface area (Å²) in [4.78, 5) is 25.5. The fourth-order valence-electron chi connectivity index (χ4n) is 4.75. The number of carbonyl (C=O) groups is 2. The van der Waals surface area contributed by atoms with E-state index in [4.69, 9.17) is 33.2 Å². The van der Waals surface area contributed by atoms with Gasteiger partial charge in [0.2, 0.25) is 0 Å². The maximum atomic E-state index is 13.0. The summed E-state index contributed by atoms with van der Waals surface area (Å²) in [5.74, 6) is -2.36. The van der Waals surface area contributed by atoms with Crippen molar-refractivity contribution >= 4 is 11.9 Å². The first-order valence-corrected chi connectivity index (χ1v) is 15.1. The van der Waals surface area contributed by atoms with Gasteiger partial charge in [0.1, 0.15) is 43.2 Å². The lowest BCUT2D eigenvalue weighted by atomic mass is 9.98. The van der Waals surface area contributed by atoms with Crippen molar-refractivity contribution in [3.63, 3.8) is 0 Å². The molecule has 0 aliphatic carbocycles. The predicted octanol–water partition coefficient (Wildman–Crippen LogP) is 0.739. The first kappa shape index (κ1) is 39.0. The molecule has 0 radical (unpaired) electrons. The summed E-state index contributed by atoms with van der Waals surface area (Å²) in [5, 5.41) is 42.5. The van der Waals surface area contributed by atoms with Gasteiger partial charge in [0.05, 0.1) is 18.8 Å². The van der Waals surface area contributed by atoms with E-state index in [1.807, 2.05) is 0 Å². The summed E-state index contributed by atoms with van der Waals surface area (Å²) in [5.41, 5.74) is 0.692. The standard InChI is InChI=1S/C30H43F3O14/c1-15(2)44-23-19(35)20(36)28(46-25(23)27(39)43-14-30(31,32)33)41-12-8-11-40-22-18(34)21(37)29(45-16(3)4)47-24(22)26(38)42-13-17-9-6-5-7-10-17/h5-7,9-10,15-16,18-25,28-29,34-37H,8,11-14H2,1-4H3/t18-,19-,20+,21+,22+,23+,24?,25?,28-,29-/m1/s1. The Labute approximate surface area is 269 Å². The Kier molecular flexibility index (Phi) is 14.8. The van der Waals surface area contributed by atoms with E-state index in [1.54, 1.807) is 44.2 Å². The average Bonchev–Trinajstić information content (AvgIpc) is 3.00. The van der Waals surface area contributed by atoms with Crippen LogP contribution in [0.15, 0.2) is 30.3 Å². The van der Waals surface area contributed by atoms with Gasteiger partial charge in [-0.2, -0.15) is 13.2 Å². The molecule has 0 amide bonds. The fraction of sp³-hybridized carbons (Fsp3) is 0.733. The van der Waals surface area contributed by atoms with Crippen molar-refractivity contribution < 1.29 is 81.1 Å². The molecule has 268 valence electrons. The van der Waals surface area contributed by atoms with Crippen LogP contribution >= 0.6 is 0 Å². The lowest BCUT2D eigenvalue weighted by molar-refractivity contribution is -0.311. The van der Waals surface area contributed by atoms with E-state index in [0.29, 0.717) is 5.56 Å². The number of hydrogen-bond donors (Lipinski definition) is 4. The predicted molar refractivity (Wildman–Crippen MR) is 151 cm³/mol. The Morgan fingerprint density at radius 2 is 1.28 bits per heavy atom. The molecule has 2 unspecified atom stereocenters. The van der Waals surface area contributed by atoms with Gasteiger partial charge >= 0.3 is 18.1 Å².